The molecular weight excluding hydrogens is 290 g/mol. The number of H-pyrrole nitrogens is 1. The Morgan fingerprint density at radius 2 is 2.17 bits per heavy atom. The van der Waals surface area contributed by atoms with Crippen LogP contribution in [-0.4, -0.2) is 15.4 Å². The summed E-state index contributed by atoms with van der Waals surface area (Å²) in [6.45, 7) is 0. The minimum absolute atomic E-state index is 0.145. The molecule has 1 saturated carbocycles. The summed E-state index contributed by atoms with van der Waals surface area (Å²) in [6.07, 6.45) is 5.70. The number of hydrogen-bond donors (Lipinski definition) is 2. The second-order valence-electron chi connectivity index (χ2n) is 6.07. The maximum Gasteiger partial charge on any atom is 0.131 e. The van der Waals surface area contributed by atoms with Gasteiger partial charge in [-0.1, -0.05) is 17.3 Å². The summed E-state index contributed by atoms with van der Waals surface area (Å²) in [5.41, 5.74) is 4.62. The Morgan fingerprint density at radius 3 is 3.00 bits per heavy atom. The van der Waals surface area contributed by atoms with Crippen LogP contribution in [0.25, 0.3) is 10.9 Å². The highest BCUT2D eigenvalue weighted by molar-refractivity contribution is 5.84. The van der Waals surface area contributed by atoms with Crippen molar-refractivity contribution in [1.29, 1.82) is 5.26 Å². The number of aromatic amines is 1. The van der Waals surface area contributed by atoms with Crippen LogP contribution in [0.2, 0.25) is 0 Å². The monoisotopic (exact) mass is 303 g/mol. The molecule has 0 radical (unpaired) electrons. The molecule has 1 aliphatic heterocycles. The Balaban J connectivity index is 1.80. The van der Waals surface area contributed by atoms with Crippen molar-refractivity contribution in [1.82, 2.24) is 15.4 Å². The number of anilines is 1. The fourth-order valence-electron chi connectivity index (χ4n) is 3.44. The van der Waals surface area contributed by atoms with Crippen molar-refractivity contribution in [3.8, 4) is 6.07 Å². The number of allylic oxidation sites excluding steroid dienone is 2. The molecular formula is C17H13N5O. The molecule has 0 amide bonds. The third-order valence-corrected chi connectivity index (χ3v) is 4.67. The number of benzene rings is 1. The summed E-state index contributed by atoms with van der Waals surface area (Å²) in [5, 5.41) is 25.4. The molecule has 0 spiro atoms. The molecule has 6 heteroatoms. The van der Waals surface area contributed by atoms with Gasteiger partial charge in [-0.25, -0.2) is 0 Å². The summed E-state index contributed by atoms with van der Waals surface area (Å²) in [6, 6.07) is 8.34. The van der Waals surface area contributed by atoms with Gasteiger partial charge in [0.25, 0.3) is 0 Å². The van der Waals surface area contributed by atoms with E-state index in [-0.39, 0.29) is 5.92 Å². The van der Waals surface area contributed by atoms with E-state index in [1.54, 1.807) is 12.5 Å². The predicted molar refractivity (Wildman–Crippen MR) is 83.4 cm³/mol. The molecule has 2 N–H and O–H groups in total. The predicted octanol–water partition coefficient (Wildman–Crippen LogP) is 3.30. The molecule has 1 unspecified atom stereocenters. The Kier molecular flexibility index (Phi) is 2.42. The van der Waals surface area contributed by atoms with Gasteiger partial charge in [0.1, 0.15) is 17.6 Å². The van der Waals surface area contributed by atoms with Crippen molar-refractivity contribution in [2.24, 2.45) is 5.92 Å². The van der Waals surface area contributed by atoms with Gasteiger partial charge < -0.3 is 9.84 Å². The van der Waals surface area contributed by atoms with Gasteiger partial charge in [-0.3, -0.25) is 5.10 Å². The van der Waals surface area contributed by atoms with E-state index in [0.29, 0.717) is 5.92 Å². The van der Waals surface area contributed by atoms with Crippen LogP contribution in [0.15, 0.2) is 46.5 Å². The topological polar surface area (TPSA) is 90.5 Å². The van der Waals surface area contributed by atoms with Crippen LogP contribution in [0.1, 0.15) is 29.9 Å². The lowest BCUT2D eigenvalue weighted by Gasteiger charge is -2.26. The Labute approximate surface area is 131 Å². The highest BCUT2D eigenvalue weighted by atomic mass is 16.5. The molecule has 23 heavy (non-hydrogen) atoms. The van der Waals surface area contributed by atoms with Gasteiger partial charge in [0.2, 0.25) is 0 Å². The Hall–Kier alpha value is -3.07. The van der Waals surface area contributed by atoms with Gasteiger partial charge in [0, 0.05) is 22.6 Å². The van der Waals surface area contributed by atoms with Crippen molar-refractivity contribution in [3.63, 3.8) is 0 Å². The van der Waals surface area contributed by atoms with Crippen molar-refractivity contribution in [3.05, 3.63) is 53.1 Å². The molecule has 6 nitrogen and oxygen atoms in total. The molecule has 0 saturated heterocycles. The zero-order chi connectivity index (χ0) is 15.4. The molecule has 3 aromatic rings. The van der Waals surface area contributed by atoms with Crippen LogP contribution in [0.4, 0.5) is 5.82 Å². The molecule has 1 fully saturated rings. The van der Waals surface area contributed by atoms with E-state index in [0.717, 1.165) is 52.0 Å². The summed E-state index contributed by atoms with van der Waals surface area (Å²) in [7, 11) is 0. The first kappa shape index (κ1) is 12.5. The molecule has 112 valence electrons. The zero-order valence-corrected chi connectivity index (χ0v) is 12.2. The first-order valence-corrected chi connectivity index (χ1v) is 7.64. The van der Waals surface area contributed by atoms with Crippen molar-refractivity contribution in [2.45, 2.75) is 18.8 Å². The number of nitrogens with zero attached hydrogens (tertiary/aromatic N) is 3. The number of hydrogen-bond acceptors (Lipinski definition) is 5. The quantitative estimate of drug-likeness (QED) is 0.758. The summed E-state index contributed by atoms with van der Waals surface area (Å²) in [5.74, 6) is 1.18. The molecule has 3 heterocycles. The lowest BCUT2D eigenvalue weighted by atomic mass is 9.81. The molecule has 1 aromatic carbocycles. The summed E-state index contributed by atoms with van der Waals surface area (Å²) < 4.78 is 5.13. The van der Waals surface area contributed by atoms with Crippen molar-refractivity contribution >= 4 is 16.7 Å². The van der Waals surface area contributed by atoms with Crippen LogP contribution in [-0.2, 0) is 0 Å². The number of aromatic nitrogens is 3. The van der Waals surface area contributed by atoms with Crippen molar-refractivity contribution < 1.29 is 4.52 Å². The number of nitrogens with one attached hydrogen (secondary N) is 2. The first-order valence-electron chi connectivity index (χ1n) is 7.64. The van der Waals surface area contributed by atoms with E-state index < -0.39 is 0 Å². The smallest absolute Gasteiger partial charge is 0.131 e. The van der Waals surface area contributed by atoms with Gasteiger partial charge in [-0.05, 0) is 24.5 Å². The third-order valence-electron chi connectivity index (χ3n) is 4.67. The van der Waals surface area contributed by atoms with E-state index in [1.807, 2.05) is 18.2 Å². The van der Waals surface area contributed by atoms with Crippen LogP contribution >= 0.6 is 0 Å². The largest absolute Gasteiger partial charge is 0.363 e. The molecule has 2 aromatic heterocycles. The fraction of sp³-hybridized carbons (Fsp3) is 0.235. The summed E-state index contributed by atoms with van der Waals surface area (Å²) in [4.78, 5) is 0. The third kappa shape index (κ3) is 1.73. The van der Waals surface area contributed by atoms with E-state index >= 15 is 0 Å². The van der Waals surface area contributed by atoms with E-state index in [4.69, 9.17) is 4.52 Å². The average molecular weight is 303 g/mol. The molecule has 0 bridgehead atoms. The second kappa shape index (κ2) is 4.46. The van der Waals surface area contributed by atoms with E-state index in [9.17, 15) is 5.26 Å². The minimum Gasteiger partial charge on any atom is -0.363 e. The van der Waals surface area contributed by atoms with E-state index in [1.165, 1.54) is 0 Å². The lowest BCUT2D eigenvalue weighted by Crippen LogP contribution is -2.19. The van der Waals surface area contributed by atoms with Gasteiger partial charge in [-0.15, -0.1) is 0 Å². The van der Waals surface area contributed by atoms with Crippen molar-refractivity contribution in [2.75, 3.05) is 5.32 Å². The molecule has 2 aliphatic rings. The lowest BCUT2D eigenvalue weighted by molar-refractivity contribution is 0.428. The van der Waals surface area contributed by atoms with Crippen LogP contribution in [0.3, 0.4) is 0 Å². The normalized spacial score (nSPS) is 20.2. The number of rotatable bonds is 2. The average Bonchev–Trinajstić information content (AvgIpc) is 3.12. The SMILES string of the molecule is N#CC1=C(C2CC2)Nc2[nH]ncc2C1c1cccc2nocc12. The maximum atomic E-state index is 9.84. The molecule has 1 aliphatic carbocycles. The molecule has 5 rings (SSSR count). The van der Waals surface area contributed by atoms with Crippen LogP contribution < -0.4 is 5.32 Å². The highest BCUT2D eigenvalue weighted by Gasteiger charge is 2.38. The zero-order valence-electron chi connectivity index (χ0n) is 12.2. The van der Waals surface area contributed by atoms with E-state index in [2.05, 4.69) is 26.7 Å². The maximum absolute atomic E-state index is 9.84. The van der Waals surface area contributed by atoms with Gasteiger partial charge >= 0.3 is 0 Å². The Morgan fingerprint density at radius 1 is 1.26 bits per heavy atom. The highest BCUT2D eigenvalue weighted by Crippen LogP contribution is 2.48. The van der Waals surface area contributed by atoms with Gasteiger partial charge in [0.05, 0.1) is 23.8 Å². The molecule has 1 atom stereocenters. The first-order chi connectivity index (χ1) is 11.4. The minimum atomic E-state index is -0.145. The number of nitriles is 1. The van der Waals surface area contributed by atoms with Crippen LogP contribution in [0.5, 0.6) is 0 Å². The number of fused-ring (bicyclic) bond motifs is 2. The standard InChI is InChI=1S/C17H13N5O/c18-6-11-15(10-2-1-3-14-13(10)8-23-22-14)12-7-19-21-17(12)20-16(11)9-4-5-9/h1-3,7-9,15H,4-5H2,(H2,19,20,21). The second-order valence-corrected chi connectivity index (χ2v) is 6.07. The fourth-order valence-corrected chi connectivity index (χ4v) is 3.44. The Bertz CT molecular complexity index is 986. The van der Waals surface area contributed by atoms with Gasteiger partial charge in [-0.2, -0.15) is 10.4 Å². The van der Waals surface area contributed by atoms with Gasteiger partial charge in [0.15, 0.2) is 0 Å². The summed E-state index contributed by atoms with van der Waals surface area (Å²) >= 11 is 0. The van der Waals surface area contributed by atoms with Crippen LogP contribution in [0, 0.1) is 17.2 Å².